The molecule has 1 aromatic rings. The normalized spacial score (nSPS) is 22.3. The van der Waals surface area contributed by atoms with E-state index in [2.05, 4.69) is 0 Å². The van der Waals surface area contributed by atoms with Gasteiger partial charge in [0.2, 0.25) is 5.91 Å². The van der Waals surface area contributed by atoms with Crippen LogP contribution in [-0.4, -0.2) is 57.1 Å². The second-order valence-corrected chi connectivity index (χ2v) is 8.01. The number of thioether (sulfide) groups is 1. The molecule has 1 atom stereocenters. The van der Waals surface area contributed by atoms with Crippen LogP contribution in [0.3, 0.4) is 0 Å². The lowest BCUT2D eigenvalue weighted by Gasteiger charge is -2.33. The van der Waals surface area contributed by atoms with E-state index in [-0.39, 0.29) is 18.9 Å². The zero-order valence-electron chi connectivity index (χ0n) is 13.9. The fraction of sp³-hybridized carbons (Fsp3) is 0.412. The molecule has 1 N–H and O–H groups in total. The topological polar surface area (TPSA) is 95.0 Å². The van der Waals surface area contributed by atoms with Crippen LogP contribution < -0.4 is 0 Å². The SMILES string of the molecule is O=C(O)C1CCCCN1C(=O)CCN1C(=O)SC(=Cc2cccs2)C1=O. The Kier molecular flexibility index (Phi) is 5.77. The van der Waals surface area contributed by atoms with Gasteiger partial charge in [0.15, 0.2) is 0 Å². The van der Waals surface area contributed by atoms with Gasteiger partial charge in [-0.3, -0.25) is 19.3 Å². The van der Waals surface area contributed by atoms with E-state index in [1.54, 1.807) is 6.08 Å². The molecule has 3 amide bonds. The Hall–Kier alpha value is -2.13. The van der Waals surface area contributed by atoms with Crippen LogP contribution in [0.4, 0.5) is 4.79 Å². The number of amides is 3. The zero-order chi connectivity index (χ0) is 18.7. The standard InChI is InChI=1S/C17H18N2O5S2/c20-14(18-7-2-1-5-12(18)16(22)23)6-8-19-15(21)13(26-17(19)24)10-11-4-3-9-25-11/h3-4,9-10,12H,1-2,5-8H2,(H,22,23). The van der Waals surface area contributed by atoms with Crippen molar-refractivity contribution in [1.29, 1.82) is 0 Å². The smallest absolute Gasteiger partial charge is 0.326 e. The zero-order valence-corrected chi connectivity index (χ0v) is 15.6. The van der Waals surface area contributed by atoms with Gasteiger partial charge in [0.05, 0.1) is 4.91 Å². The van der Waals surface area contributed by atoms with Crippen LogP contribution >= 0.6 is 23.1 Å². The van der Waals surface area contributed by atoms with E-state index in [1.807, 2.05) is 17.5 Å². The number of hydrogen-bond acceptors (Lipinski definition) is 6. The molecule has 2 aliphatic rings. The number of carboxylic acid groups (broad SMARTS) is 1. The molecule has 1 unspecified atom stereocenters. The number of carbonyl (C=O) groups is 4. The number of nitrogens with zero attached hydrogens (tertiary/aromatic N) is 2. The lowest BCUT2D eigenvalue weighted by molar-refractivity contribution is -0.152. The summed E-state index contributed by atoms with van der Waals surface area (Å²) in [6.45, 7) is 0.365. The predicted molar refractivity (Wildman–Crippen MR) is 98.6 cm³/mol. The molecule has 1 aromatic heterocycles. The van der Waals surface area contributed by atoms with Crippen molar-refractivity contribution >= 4 is 52.2 Å². The summed E-state index contributed by atoms with van der Waals surface area (Å²) >= 11 is 2.32. The molecule has 0 aromatic carbocycles. The molecule has 0 spiro atoms. The molecule has 26 heavy (non-hydrogen) atoms. The maximum Gasteiger partial charge on any atom is 0.326 e. The van der Waals surface area contributed by atoms with Gasteiger partial charge in [-0.05, 0) is 48.5 Å². The summed E-state index contributed by atoms with van der Waals surface area (Å²) in [4.78, 5) is 51.9. The fourth-order valence-electron chi connectivity index (χ4n) is 3.03. The van der Waals surface area contributed by atoms with E-state index in [1.165, 1.54) is 16.2 Å². The van der Waals surface area contributed by atoms with Gasteiger partial charge in [0, 0.05) is 24.4 Å². The van der Waals surface area contributed by atoms with Crippen LogP contribution in [-0.2, 0) is 14.4 Å². The molecule has 7 nitrogen and oxygen atoms in total. The minimum atomic E-state index is -1.01. The van der Waals surface area contributed by atoms with Crippen LogP contribution in [0.5, 0.6) is 0 Å². The molecule has 0 aliphatic carbocycles. The van der Waals surface area contributed by atoms with Crippen molar-refractivity contribution in [2.75, 3.05) is 13.1 Å². The average molecular weight is 394 g/mol. The molecule has 0 bridgehead atoms. The van der Waals surface area contributed by atoms with Crippen molar-refractivity contribution < 1.29 is 24.3 Å². The molecule has 138 valence electrons. The minimum absolute atomic E-state index is 0.0336. The van der Waals surface area contributed by atoms with Gasteiger partial charge < -0.3 is 10.0 Å². The Balaban J connectivity index is 1.62. The van der Waals surface area contributed by atoms with Crippen molar-refractivity contribution in [1.82, 2.24) is 9.80 Å². The highest BCUT2D eigenvalue weighted by Crippen LogP contribution is 2.33. The number of rotatable bonds is 5. The van der Waals surface area contributed by atoms with Crippen LogP contribution in [0, 0.1) is 0 Å². The maximum atomic E-state index is 12.4. The Morgan fingerprint density at radius 1 is 1.31 bits per heavy atom. The monoisotopic (exact) mass is 394 g/mol. The number of thiophene rings is 1. The molecule has 9 heteroatoms. The van der Waals surface area contributed by atoms with Crippen LogP contribution in [0.2, 0.25) is 0 Å². The number of carboxylic acids is 1. The average Bonchev–Trinajstić information content (AvgIpc) is 3.22. The van der Waals surface area contributed by atoms with Crippen molar-refractivity contribution in [2.45, 2.75) is 31.7 Å². The first kappa shape index (κ1) is 18.7. The van der Waals surface area contributed by atoms with Crippen LogP contribution in [0.25, 0.3) is 6.08 Å². The van der Waals surface area contributed by atoms with Gasteiger partial charge in [0.25, 0.3) is 11.1 Å². The molecular weight excluding hydrogens is 376 g/mol. The van der Waals surface area contributed by atoms with Gasteiger partial charge in [-0.25, -0.2) is 4.79 Å². The molecule has 2 saturated heterocycles. The first-order valence-electron chi connectivity index (χ1n) is 8.28. The van der Waals surface area contributed by atoms with Gasteiger partial charge in [0.1, 0.15) is 6.04 Å². The van der Waals surface area contributed by atoms with E-state index >= 15 is 0 Å². The number of piperidine rings is 1. The second-order valence-electron chi connectivity index (χ2n) is 6.04. The molecule has 0 saturated carbocycles. The van der Waals surface area contributed by atoms with E-state index in [4.69, 9.17) is 0 Å². The molecule has 0 radical (unpaired) electrons. The number of imide groups is 1. The Morgan fingerprint density at radius 3 is 2.81 bits per heavy atom. The first-order valence-corrected chi connectivity index (χ1v) is 9.98. The van der Waals surface area contributed by atoms with Crippen molar-refractivity contribution in [3.8, 4) is 0 Å². The summed E-state index contributed by atoms with van der Waals surface area (Å²) in [6, 6.07) is 2.89. The maximum absolute atomic E-state index is 12.4. The highest BCUT2D eigenvalue weighted by molar-refractivity contribution is 8.18. The van der Waals surface area contributed by atoms with Gasteiger partial charge in [-0.15, -0.1) is 11.3 Å². The van der Waals surface area contributed by atoms with Crippen molar-refractivity contribution in [3.63, 3.8) is 0 Å². The summed E-state index contributed by atoms with van der Waals surface area (Å²) in [5.74, 6) is -1.75. The Morgan fingerprint density at radius 2 is 2.12 bits per heavy atom. The second kappa shape index (κ2) is 8.05. The fourth-order valence-corrected chi connectivity index (χ4v) is 4.62. The first-order chi connectivity index (χ1) is 12.5. The third-order valence-electron chi connectivity index (χ3n) is 4.35. The lowest BCUT2D eigenvalue weighted by atomic mass is 10.0. The molecule has 3 rings (SSSR count). The van der Waals surface area contributed by atoms with Crippen LogP contribution in [0.1, 0.15) is 30.6 Å². The predicted octanol–water partition coefficient (Wildman–Crippen LogP) is 2.64. The Labute approximate surface area is 158 Å². The quantitative estimate of drug-likeness (QED) is 0.772. The van der Waals surface area contributed by atoms with Crippen molar-refractivity contribution in [2.24, 2.45) is 0 Å². The third-order valence-corrected chi connectivity index (χ3v) is 6.07. The van der Waals surface area contributed by atoms with Gasteiger partial charge in [-0.2, -0.15) is 0 Å². The number of carbonyl (C=O) groups excluding carboxylic acids is 3. The van der Waals surface area contributed by atoms with Gasteiger partial charge in [-0.1, -0.05) is 6.07 Å². The molecule has 3 heterocycles. The lowest BCUT2D eigenvalue weighted by Crippen LogP contribution is -2.48. The van der Waals surface area contributed by atoms with E-state index in [0.717, 1.165) is 34.4 Å². The summed E-state index contributed by atoms with van der Waals surface area (Å²) in [5, 5.41) is 10.7. The largest absolute Gasteiger partial charge is 0.480 e. The van der Waals surface area contributed by atoms with Crippen molar-refractivity contribution in [3.05, 3.63) is 27.3 Å². The summed E-state index contributed by atoms with van der Waals surface area (Å²) in [7, 11) is 0. The van der Waals surface area contributed by atoms with E-state index in [0.29, 0.717) is 17.9 Å². The molecule has 2 fully saturated rings. The number of likely N-dealkylation sites (tertiary alicyclic amines) is 1. The minimum Gasteiger partial charge on any atom is -0.480 e. The summed E-state index contributed by atoms with van der Waals surface area (Å²) in [6.07, 6.45) is 3.58. The summed E-state index contributed by atoms with van der Waals surface area (Å²) < 4.78 is 0. The molecule has 2 aliphatic heterocycles. The third kappa shape index (κ3) is 3.99. The highest BCUT2D eigenvalue weighted by Gasteiger charge is 2.37. The van der Waals surface area contributed by atoms with E-state index < -0.39 is 23.2 Å². The Bertz CT molecular complexity index is 759. The highest BCUT2D eigenvalue weighted by atomic mass is 32.2. The van der Waals surface area contributed by atoms with Crippen LogP contribution in [0.15, 0.2) is 22.4 Å². The number of aliphatic carboxylic acids is 1. The van der Waals surface area contributed by atoms with Gasteiger partial charge >= 0.3 is 5.97 Å². The number of hydrogen-bond donors (Lipinski definition) is 1. The van der Waals surface area contributed by atoms with E-state index in [9.17, 15) is 24.3 Å². The summed E-state index contributed by atoms with van der Waals surface area (Å²) in [5.41, 5.74) is 0. The molecular formula is C17H18N2O5S2.